The molecule has 0 unspecified atom stereocenters. The molecule has 162 valence electrons. The molecule has 0 fully saturated rings. The molecule has 0 saturated carbocycles. The van der Waals surface area contributed by atoms with E-state index < -0.39 is 0 Å². The van der Waals surface area contributed by atoms with Crippen LogP contribution in [0.2, 0.25) is 0 Å². The van der Waals surface area contributed by atoms with Crippen molar-refractivity contribution in [1.29, 1.82) is 0 Å². The lowest BCUT2D eigenvalue weighted by atomic mass is 9.92. The van der Waals surface area contributed by atoms with Crippen LogP contribution in [0, 0.1) is 0 Å². The highest BCUT2D eigenvalue weighted by Crippen LogP contribution is 2.47. The van der Waals surface area contributed by atoms with Crippen molar-refractivity contribution in [3.8, 4) is 11.1 Å². The van der Waals surface area contributed by atoms with Gasteiger partial charge >= 0.3 is 0 Å². The zero-order valence-corrected chi connectivity index (χ0v) is 19.8. The van der Waals surface area contributed by atoms with Gasteiger partial charge in [-0.15, -0.1) is 11.3 Å². The minimum atomic E-state index is 1.29. The predicted molar refractivity (Wildman–Crippen MR) is 155 cm³/mol. The predicted octanol–water partition coefficient (Wildman–Crippen LogP) is 10.3. The highest BCUT2D eigenvalue weighted by Gasteiger charge is 2.17. The first kappa shape index (κ1) is 19.1. The molecule has 0 aliphatic rings. The molecule has 1 heterocycles. The van der Waals surface area contributed by atoms with Gasteiger partial charge in [0.2, 0.25) is 0 Å². The van der Waals surface area contributed by atoms with Crippen LogP contribution in [0.3, 0.4) is 0 Å². The third-order valence-corrected chi connectivity index (χ3v) is 8.70. The van der Waals surface area contributed by atoms with E-state index in [2.05, 4.69) is 121 Å². The van der Waals surface area contributed by atoms with E-state index in [0.29, 0.717) is 0 Å². The van der Waals surface area contributed by atoms with Gasteiger partial charge in [-0.25, -0.2) is 0 Å². The van der Waals surface area contributed by atoms with E-state index >= 15 is 0 Å². The quantitative estimate of drug-likeness (QED) is 0.214. The van der Waals surface area contributed by atoms with Crippen LogP contribution in [0.15, 0.2) is 121 Å². The van der Waals surface area contributed by atoms with Crippen molar-refractivity contribution in [2.45, 2.75) is 0 Å². The summed E-state index contributed by atoms with van der Waals surface area (Å²) in [5, 5.41) is 13.3. The molecule has 0 aliphatic carbocycles. The number of rotatable bonds is 1. The van der Waals surface area contributed by atoms with Crippen LogP contribution < -0.4 is 0 Å². The van der Waals surface area contributed by atoms with Crippen LogP contribution in [0.25, 0.3) is 74.4 Å². The summed E-state index contributed by atoms with van der Waals surface area (Å²) < 4.78 is 2.75. The molecule has 0 N–H and O–H groups in total. The van der Waals surface area contributed by atoms with Crippen LogP contribution >= 0.6 is 11.3 Å². The lowest BCUT2D eigenvalue weighted by molar-refractivity contribution is 1.73. The molecule has 8 aromatic rings. The smallest absolute Gasteiger partial charge is 0.0440 e. The number of hydrogen-bond acceptors (Lipinski definition) is 1. The molecular formula is C34H20S. The molecule has 7 aromatic carbocycles. The molecular weight excluding hydrogens is 440 g/mol. The average molecular weight is 461 g/mol. The number of hydrogen-bond donors (Lipinski definition) is 0. The lowest BCUT2D eigenvalue weighted by Crippen LogP contribution is -1.85. The van der Waals surface area contributed by atoms with Crippen molar-refractivity contribution >= 4 is 74.6 Å². The molecule has 0 amide bonds. The van der Waals surface area contributed by atoms with Crippen LogP contribution in [0.4, 0.5) is 0 Å². The van der Waals surface area contributed by atoms with E-state index in [1.807, 2.05) is 11.3 Å². The Labute approximate surface area is 206 Å². The monoisotopic (exact) mass is 460 g/mol. The second-order valence-electron chi connectivity index (χ2n) is 9.27. The Morgan fingerprint density at radius 1 is 0.343 bits per heavy atom. The molecule has 1 heteroatoms. The second-order valence-corrected chi connectivity index (χ2v) is 10.3. The van der Waals surface area contributed by atoms with Gasteiger partial charge in [-0.2, -0.15) is 0 Å². The summed E-state index contributed by atoms with van der Waals surface area (Å²) in [5.74, 6) is 0. The molecule has 0 atom stereocenters. The third kappa shape index (κ3) is 2.62. The van der Waals surface area contributed by atoms with E-state index in [-0.39, 0.29) is 0 Å². The van der Waals surface area contributed by atoms with Crippen molar-refractivity contribution in [2.24, 2.45) is 0 Å². The van der Waals surface area contributed by atoms with E-state index in [4.69, 9.17) is 0 Å². The summed E-state index contributed by atoms with van der Waals surface area (Å²) in [7, 11) is 0. The first-order valence-electron chi connectivity index (χ1n) is 12.0. The highest BCUT2D eigenvalue weighted by molar-refractivity contribution is 7.27. The summed E-state index contributed by atoms with van der Waals surface area (Å²) in [6.45, 7) is 0. The highest BCUT2D eigenvalue weighted by atomic mass is 32.1. The Morgan fingerprint density at radius 3 is 1.66 bits per heavy atom. The normalized spacial score (nSPS) is 12.0. The van der Waals surface area contributed by atoms with E-state index in [9.17, 15) is 0 Å². The van der Waals surface area contributed by atoms with Gasteiger partial charge < -0.3 is 0 Å². The molecule has 1 aromatic heterocycles. The van der Waals surface area contributed by atoms with E-state index in [1.54, 1.807) is 0 Å². The molecule has 35 heavy (non-hydrogen) atoms. The fourth-order valence-corrected chi connectivity index (χ4v) is 7.30. The van der Waals surface area contributed by atoms with Crippen molar-refractivity contribution in [3.05, 3.63) is 121 Å². The maximum absolute atomic E-state index is 2.38. The number of fused-ring (bicyclic) bond motifs is 11. The number of thiophene rings is 1. The van der Waals surface area contributed by atoms with Crippen molar-refractivity contribution in [1.82, 2.24) is 0 Å². The topological polar surface area (TPSA) is 0 Å². The molecule has 0 aliphatic heterocycles. The van der Waals surface area contributed by atoms with Gasteiger partial charge in [0.1, 0.15) is 0 Å². The summed E-state index contributed by atoms with van der Waals surface area (Å²) in [6.07, 6.45) is 0. The fourth-order valence-electron chi connectivity index (χ4n) is 5.92. The second kappa shape index (κ2) is 7.15. The summed E-state index contributed by atoms with van der Waals surface area (Å²) in [4.78, 5) is 0. The lowest BCUT2D eigenvalue weighted by Gasteiger charge is -2.12. The van der Waals surface area contributed by atoms with Gasteiger partial charge in [0.05, 0.1) is 0 Å². The van der Waals surface area contributed by atoms with Crippen LogP contribution in [0.1, 0.15) is 0 Å². The van der Waals surface area contributed by atoms with Crippen LogP contribution in [0.5, 0.6) is 0 Å². The van der Waals surface area contributed by atoms with E-state index in [1.165, 1.54) is 74.4 Å². The van der Waals surface area contributed by atoms with Crippen molar-refractivity contribution < 1.29 is 0 Å². The van der Waals surface area contributed by atoms with Crippen LogP contribution in [-0.2, 0) is 0 Å². The molecule has 0 nitrogen and oxygen atoms in total. The van der Waals surface area contributed by atoms with Gasteiger partial charge in [0, 0.05) is 31.1 Å². The first-order chi connectivity index (χ1) is 17.4. The summed E-state index contributed by atoms with van der Waals surface area (Å²) in [5.41, 5.74) is 2.63. The van der Waals surface area contributed by atoms with Crippen molar-refractivity contribution in [2.75, 3.05) is 0 Å². The Balaban J connectivity index is 1.58. The minimum absolute atomic E-state index is 1.29. The fraction of sp³-hybridized carbons (Fsp3) is 0. The minimum Gasteiger partial charge on any atom is -0.134 e. The Morgan fingerprint density at radius 2 is 0.886 bits per heavy atom. The SMILES string of the molecule is c1ccc2c(c1)cc(-c1cccc3c1sc1c4ccccc4c4ccccc4c31)c1ccccc12. The van der Waals surface area contributed by atoms with E-state index in [0.717, 1.165) is 0 Å². The van der Waals surface area contributed by atoms with Crippen LogP contribution in [-0.4, -0.2) is 0 Å². The zero-order chi connectivity index (χ0) is 22.9. The molecule has 0 radical (unpaired) electrons. The van der Waals surface area contributed by atoms with Gasteiger partial charge in [-0.1, -0.05) is 115 Å². The molecule has 0 saturated heterocycles. The Bertz CT molecular complexity index is 2110. The van der Waals surface area contributed by atoms with Gasteiger partial charge in [-0.3, -0.25) is 0 Å². The summed E-state index contributed by atoms with van der Waals surface area (Å²) in [6, 6.07) is 44.5. The molecule has 8 rings (SSSR count). The largest absolute Gasteiger partial charge is 0.134 e. The maximum atomic E-state index is 2.38. The summed E-state index contributed by atoms with van der Waals surface area (Å²) >= 11 is 1.94. The zero-order valence-electron chi connectivity index (χ0n) is 19.0. The third-order valence-electron chi connectivity index (χ3n) is 7.43. The standard InChI is InChI=1S/C34H20S/c1-2-11-22-21(10-1)20-31(26-15-4-3-12-23(22)26)29-18-9-19-30-32-27-16-7-5-13-24(27)25-14-6-8-17-28(25)34(32)35-33(29)30/h1-20H. The van der Waals surface area contributed by atoms with Gasteiger partial charge in [0.25, 0.3) is 0 Å². The Hall–Kier alpha value is -4.20. The van der Waals surface area contributed by atoms with Crippen molar-refractivity contribution in [3.63, 3.8) is 0 Å². The Kier molecular flexibility index (Phi) is 3.91. The number of benzene rings is 7. The van der Waals surface area contributed by atoms with Gasteiger partial charge in [0.15, 0.2) is 0 Å². The maximum Gasteiger partial charge on any atom is 0.0440 e. The van der Waals surface area contributed by atoms with Gasteiger partial charge in [-0.05, 0) is 49.3 Å². The molecule has 0 bridgehead atoms. The first-order valence-corrected chi connectivity index (χ1v) is 12.9. The molecule has 0 spiro atoms. The average Bonchev–Trinajstić information content (AvgIpc) is 3.33.